The van der Waals surface area contributed by atoms with E-state index in [0.29, 0.717) is 33.8 Å². The molecule has 1 saturated heterocycles. The molecule has 222 valence electrons. The fourth-order valence-electron chi connectivity index (χ4n) is 5.35. The van der Waals surface area contributed by atoms with E-state index in [1.165, 1.54) is 20.1 Å². The second-order valence-electron chi connectivity index (χ2n) is 10.0. The van der Waals surface area contributed by atoms with Crippen molar-refractivity contribution in [2.45, 2.75) is 32.1 Å². The van der Waals surface area contributed by atoms with E-state index < -0.39 is 29.8 Å². The van der Waals surface area contributed by atoms with E-state index in [1.807, 2.05) is 11.8 Å². The number of carbonyl (C=O) groups is 2. The lowest BCUT2D eigenvalue weighted by Crippen LogP contribution is -2.55. The minimum absolute atomic E-state index is 0.0568. The van der Waals surface area contributed by atoms with Crippen molar-refractivity contribution in [1.29, 1.82) is 0 Å². The number of benzene rings is 1. The molecule has 2 N–H and O–H groups in total. The lowest BCUT2D eigenvalue weighted by Gasteiger charge is -2.42. The molecule has 1 aliphatic heterocycles. The van der Waals surface area contributed by atoms with Gasteiger partial charge in [-0.05, 0) is 50.2 Å². The molecule has 3 aromatic heterocycles. The Kier molecular flexibility index (Phi) is 7.96. The number of carboxylic acid groups (broad SMARTS) is 1. The van der Waals surface area contributed by atoms with Gasteiger partial charge in [-0.2, -0.15) is 18.3 Å². The Morgan fingerprint density at radius 1 is 1.17 bits per heavy atom. The van der Waals surface area contributed by atoms with Crippen LogP contribution in [0.4, 0.5) is 13.2 Å². The number of alkyl halides is 3. The summed E-state index contributed by atoms with van der Waals surface area (Å²) in [7, 11) is 1.48. The highest BCUT2D eigenvalue weighted by Crippen LogP contribution is 2.37. The summed E-state index contributed by atoms with van der Waals surface area (Å²) in [6.07, 6.45) is -3.65. The van der Waals surface area contributed by atoms with Crippen LogP contribution in [0.25, 0.3) is 16.9 Å². The van der Waals surface area contributed by atoms with Gasteiger partial charge < -0.3 is 19.8 Å². The van der Waals surface area contributed by atoms with Crippen LogP contribution >= 0.6 is 11.3 Å². The lowest BCUT2D eigenvalue weighted by molar-refractivity contribution is -0.143. The average molecular weight is 604 g/mol. The third-order valence-corrected chi connectivity index (χ3v) is 8.62. The number of thiophene rings is 1. The highest BCUT2D eigenvalue weighted by atomic mass is 32.1. The first-order valence-electron chi connectivity index (χ1n) is 13.0. The lowest BCUT2D eigenvalue weighted by atomic mass is 10.0. The molecule has 0 radical (unpaired) electrons. The number of hydrogen-bond donors (Lipinski definition) is 2. The number of methoxy groups -OCH3 is 1. The summed E-state index contributed by atoms with van der Waals surface area (Å²) < 4.78 is 48.7. The van der Waals surface area contributed by atoms with Gasteiger partial charge in [-0.3, -0.25) is 9.69 Å². The fourth-order valence-corrected chi connectivity index (χ4v) is 6.32. The van der Waals surface area contributed by atoms with Gasteiger partial charge in [-0.15, -0.1) is 11.3 Å². The second-order valence-corrected chi connectivity index (χ2v) is 11.1. The van der Waals surface area contributed by atoms with Crippen LogP contribution in [0.15, 0.2) is 42.6 Å². The summed E-state index contributed by atoms with van der Waals surface area (Å²) in [4.78, 5) is 34.0. The largest absolute Gasteiger partial charge is 0.497 e. The molecule has 42 heavy (non-hydrogen) atoms. The van der Waals surface area contributed by atoms with Crippen molar-refractivity contribution < 1.29 is 37.7 Å². The quantitative estimate of drug-likeness (QED) is 0.320. The molecule has 1 amide bonds. The molecule has 1 aromatic carbocycles. The predicted octanol–water partition coefficient (Wildman–Crippen LogP) is 4.37. The molecule has 0 unspecified atom stereocenters. The first-order chi connectivity index (χ1) is 19.9. The van der Waals surface area contributed by atoms with Gasteiger partial charge in [0.1, 0.15) is 16.2 Å². The molecular formula is C28H28F3N5O5S. The standard InChI is InChI=1S/C28H28F3N5O5S/c1-15-13-34(20(14-37)21-8-9-22(42-21)27(39)40)10-11-35(15)26(38)19-12-32-36-24(28(29,30)31)16(2)23(33-25(19)36)17-4-6-18(41-3)7-5-17/h4-9,12,15,20,37H,10-11,13-14H2,1-3H3,(H,39,40)/t15-,20+/m1/s1. The van der Waals surface area contributed by atoms with Gasteiger partial charge in [0, 0.05) is 41.7 Å². The van der Waals surface area contributed by atoms with Crippen LogP contribution in [-0.4, -0.2) is 85.9 Å². The van der Waals surface area contributed by atoms with Crippen LogP contribution in [0, 0.1) is 6.92 Å². The zero-order valence-electron chi connectivity index (χ0n) is 22.9. The van der Waals surface area contributed by atoms with Crippen LogP contribution in [0.3, 0.4) is 0 Å². The maximum absolute atomic E-state index is 14.3. The Labute approximate surface area is 242 Å². The summed E-state index contributed by atoms with van der Waals surface area (Å²) in [5.74, 6) is -1.02. The molecule has 14 heteroatoms. The monoisotopic (exact) mass is 603 g/mol. The highest BCUT2D eigenvalue weighted by molar-refractivity contribution is 7.14. The number of carboxylic acids is 1. The minimum Gasteiger partial charge on any atom is -0.497 e. The average Bonchev–Trinajstić information content (AvgIpc) is 3.60. The van der Waals surface area contributed by atoms with Crippen molar-refractivity contribution in [2.75, 3.05) is 33.4 Å². The van der Waals surface area contributed by atoms with E-state index in [1.54, 1.807) is 35.2 Å². The number of nitrogens with zero attached hydrogens (tertiary/aromatic N) is 5. The molecule has 0 aliphatic carbocycles. The molecular weight excluding hydrogens is 575 g/mol. The van der Waals surface area contributed by atoms with Crippen molar-refractivity contribution in [3.8, 4) is 17.0 Å². The number of aliphatic hydroxyl groups is 1. The van der Waals surface area contributed by atoms with Gasteiger partial charge in [0.15, 0.2) is 11.3 Å². The van der Waals surface area contributed by atoms with E-state index in [0.717, 1.165) is 17.5 Å². The minimum atomic E-state index is -4.76. The molecule has 0 saturated carbocycles. The topological polar surface area (TPSA) is 120 Å². The molecule has 0 spiro atoms. The molecule has 1 aliphatic rings. The van der Waals surface area contributed by atoms with Gasteiger partial charge in [0.05, 0.1) is 31.6 Å². The Balaban J connectivity index is 1.47. The van der Waals surface area contributed by atoms with Crippen LogP contribution in [0.1, 0.15) is 49.1 Å². The van der Waals surface area contributed by atoms with E-state index in [4.69, 9.17) is 4.74 Å². The van der Waals surface area contributed by atoms with Crippen molar-refractivity contribution >= 4 is 28.9 Å². The maximum Gasteiger partial charge on any atom is 0.433 e. The third kappa shape index (κ3) is 5.32. The highest BCUT2D eigenvalue weighted by Gasteiger charge is 2.40. The van der Waals surface area contributed by atoms with Gasteiger partial charge >= 0.3 is 12.1 Å². The van der Waals surface area contributed by atoms with Gasteiger partial charge in [0.2, 0.25) is 0 Å². The summed E-state index contributed by atoms with van der Waals surface area (Å²) in [5.41, 5.74) is -0.897. The molecule has 5 rings (SSSR count). The SMILES string of the molecule is COc1ccc(-c2nc3c(C(=O)N4CCN([C@@H](CO)c5ccc(C(=O)O)s5)C[C@H]4C)cnn3c(C(F)(F)F)c2C)cc1. The van der Waals surface area contributed by atoms with Crippen molar-refractivity contribution in [3.63, 3.8) is 0 Å². The van der Waals surface area contributed by atoms with Gasteiger partial charge in [0.25, 0.3) is 5.91 Å². The van der Waals surface area contributed by atoms with Crippen molar-refractivity contribution in [2.24, 2.45) is 0 Å². The molecule has 0 bridgehead atoms. The number of amides is 1. The smallest absolute Gasteiger partial charge is 0.433 e. The van der Waals surface area contributed by atoms with Crippen LogP contribution in [-0.2, 0) is 6.18 Å². The van der Waals surface area contributed by atoms with Crippen molar-refractivity contribution in [3.05, 3.63) is 69.2 Å². The zero-order valence-corrected chi connectivity index (χ0v) is 23.7. The van der Waals surface area contributed by atoms with Gasteiger partial charge in [-0.25, -0.2) is 14.3 Å². The van der Waals surface area contributed by atoms with E-state index in [2.05, 4.69) is 10.1 Å². The maximum atomic E-state index is 14.3. The summed E-state index contributed by atoms with van der Waals surface area (Å²) in [6, 6.07) is 8.79. The predicted molar refractivity (Wildman–Crippen MR) is 148 cm³/mol. The van der Waals surface area contributed by atoms with Crippen LogP contribution in [0.5, 0.6) is 5.75 Å². The number of fused-ring (bicyclic) bond motifs is 1. The Hall–Kier alpha value is -4.01. The first-order valence-corrected chi connectivity index (χ1v) is 13.8. The van der Waals surface area contributed by atoms with Crippen molar-refractivity contribution in [1.82, 2.24) is 24.4 Å². The normalized spacial score (nSPS) is 17.0. The molecule has 1 fully saturated rings. The molecule has 4 heterocycles. The number of ether oxygens (including phenoxy) is 1. The molecule has 4 aromatic rings. The Morgan fingerprint density at radius 3 is 2.45 bits per heavy atom. The number of hydrogen-bond acceptors (Lipinski definition) is 8. The molecule has 10 nitrogen and oxygen atoms in total. The van der Waals surface area contributed by atoms with Crippen LogP contribution in [0.2, 0.25) is 0 Å². The first kappa shape index (κ1) is 29.5. The number of aromatic carboxylic acids is 1. The van der Waals surface area contributed by atoms with E-state index >= 15 is 0 Å². The summed E-state index contributed by atoms with van der Waals surface area (Å²) >= 11 is 1.08. The Bertz CT molecular complexity index is 1640. The van der Waals surface area contributed by atoms with Gasteiger partial charge in [-0.1, -0.05) is 0 Å². The Morgan fingerprint density at radius 2 is 1.88 bits per heavy atom. The zero-order chi connectivity index (χ0) is 30.3. The number of piperazine rings is 1. The second kappa shape index (κ2) is 11.3. The number of aromatic nitrogens is 3. The van der Waals surface area contributed by atoms with E-state index in [-0.39, 0.29) is 46.5 Å². The van der Waals surface area contributed by atoms with Crippen LogP contribution < -0.4 is 4.74 Å². The summed E-state index contributed by atoms with van der Waals surface area (Å²) in [5, 5.41) is 23.3. The molecule has 2 atom stereocenters. The third-order valence-electron chi connectivity index (χ3n) is 7.45. The number of carbonyl (C=O) groups excluding carboxylic acids is 1. The summed E-state index contributed by atoms with van der Waals surface area (Å²) in [6.45, 7) is 3.83. The number of aliphatic hydroxyl groups excluding tert-OH is 1. The van der Waals surface area contributed by atoms with E-state index in [9.17, 15) is 33.0 Å². The fraction of sp³-hybridized carbons (Fsp3) is 0.357. The number of halogens is 3. The number of rotatable bonds is 7.